The molecule has 144 valence electrons. The lowest BCUT2D eigenvalue weighted by Gasteiger charge is -2.19. The summed E-state index contributed by atoms with van der Waals surface area (Å²) in [4.78, 5) is 22.7. The number of nitrogen functional groups attached to an aromatic ring is 1. The van der Waals surface area contributed by atoms with E-state index in [0.717, 1.165) is 5.56 Å². The Labute approximate surface area is 156 Å². The number of alkyl carbamates (subject to hydrolysis) is 1. The van der Waals surface area contributed by atoms with Crippen LogP contribution < -0.4 is 11.1 Å². The second kappa shape index (κ2) is 9.56. The highest BCUT2D eigenvalue weighted by atomic mass is 16.5. The van der Waals surface area contributed by atoms with E-state index in [4.69, 9.17) is 15.6 Å². The van der Waals surface area contributed by atoms with E-state index in [1.807, 2.05) is 30.3 Å². The van der Waals surface area contributed by atoms with Crippen LogP contribution in [0.4, 0.5) is 10.5 Å². The van der Waals surface area contributed by atoms with Crippen molar-refractivity contribution >= 4 is 17.7 Å². The van der Waals surface area contributed by atoms with E-state index in [9.17, 15) is 19.8 Å². The molecule has 1 amide bonds. The van der Waals surface area contributed by atoms with Gasteiger partial charge in [0.05, 0.1) is 11.7 Å². The number of anilines is 1. The Kier molecular flexibility index (Phi) is 7.16. The van der Waals surface area contributed by atoms with Crippen molar-refractivity contribution in [3.05, 3.63) is 65.2 Å². The molecule has 0 aliphatic rings. The number of aromatic carboxylic acids is 1. The number of carbonyl (C=O) groups excluding carboxylic acids is 1. The number of carboxylic acids is 1. The fourth-order valence-electron chi connectivity index (χ4n) is 2.45. The van der Waals surface area contributed by atoms with Gasteiger partial charge < -0.3 is 31.1 Å². The highest BCUT2D eigenvalue weighted by molar-refractivity contribution is 5.89. The van der Waals surface area contributed by atoms with Crippen molar-refractivity contribution < 1.29 is 29.6 Å². The zero-order valence-corrected chi connectivity index (χ0v) is 14.5. The third-order valence-corrected chi connectivity index (χ3v) is 3.85. The third kappa shape index (κ3) is 6.28. The summed E-state index contributed by atoms with van der Waals surface area (Å²) in [6.07, 6.45) is -3.16. The van der Waals surface area contributed by atoms with Crippen molar-refractivity contribution in [2.75, 3.05) is 12.3 Å². The summed E-state index contributed by atoms with van der Waals surface area (Å²) in [5.41, 5.74) is 6.74. The summed E-state index contributed by atoms with van der Waals surface area (Å²) in [7, 11) is 0. The lowest BCUT2D eigenvalue weighted by atomic mass is 9.99. The van der Waals surface area contributed by atoms with Crippen molar-refractivity contribution in [3.8, 4) is 0 Å². The Hall–Kier alpha value is -3.10. The summed E-state index contributed by atoms with van der Waals surface area (Å²) >= 11 is 0. The first-order valence-electron chi connectivity index (χ1n) is 8.31. The maximum Gasteiger partial charge on any atom is 0.407 e. The number of amides is 1. The van der Waals surface area contributed by atoms with Crippen LogP contribution in [0.5, 0.6) is 0 Å². The number of ether oxygens (including phenoxy) is 1. The highest BCUT2D eigenvalue weighted by Crippen LogP contribution is 2.23. The summed E-state index contributed by atoms with van der Waals surface area (Å²) in [5.74, 6) is -1.19. The van der Waals surface area contributed by atoms with Gasteiger partial charge >= 0.3 is 12.1 Å². The van der Waals surface area contributed by atoms with E-state index in [-0.39, 0.29) is 36.4 Å². The molecule has 0 aliphatic carbocycles. The second-order valence-corrected chi connectivity index (χ2v) is 5.98. The van der Waals surface area contributed by atoms with Gasteiger partial charge in [0.15, 0.2) is 0 Å². The molecule has 8 heteroatoms. The molecule has 6 N–H and O–H groups in total. The second-order valence-electron chi connectivity index (χ2n) is 5.98. The van der Waals surface area contributed by atoms with Gasteiger partial charge in [0.25, 0.3) is 0 Å². The SMILES string of the molecule is Nc1cc(C(=O)O)cc(C(O)C(O)CCNC(=O)OCc2ccccc2)c1. The van der Waals surface area contributed by atoms with Crippen LogP contribution in [0.25, 0.3) is 0 Å². The average molecular weight is 374 g/mol. The molecule has 2 aromatic rings. The number of nitrogens with two attached hydrogens (primary N) is 1. The topological polar surface area (TPSA) is 142 Å². The fourth-order valence-corrected chi connectivity index (χ4v) is 2.45. The maximum absolute atomic E-state index is 11.6. The minimum atomic E-state index is -1.34. The summed E-state index contributed by atoms with van der Waals surface area (Å²) in [5, 5.41) is 31.8. The van der Waals surface area contributed by atoms with Crippen molar-refractivity contribution in [1.82, 2.24) is 5.32 Å². The smallest absolute Gasteiger partial charge is 0.407 e. The molecule has 2 aromatic carbocycles. The Bertz CT molecular complexity index is 781. The first-order valence-corrected chi connectivity index (χ1v) is 8.31. The van der Waals surface area contributed by atoms with Gasteiger partial charge in [-0.2, -0.15) is 0 Å². The summed E-state index contributed by atoms with van der Waals surface area (Å²) in [6.45, 7) is 0.194. The predicted octanol–water partition coefficient (Wildman–Crippen LogP) is 1.68. The van der Waals surface area contributed by atoms with Crippen molar-refractivity contribution in [3.63, 3.8) is 0 Å². The van der Waals surface area contributed by atoms with Crippen LogP contribution >= 0.6 is 0 Å². The molecule has 2 rings (SSSR count). The lowest BCUT2D eigenvalue weighted by molar-refractivity contribution is 0.0136. The Morgan fingerprint density at radius 2 is 1.81 bits per heavy atom. The van der Waals surface area contributed by atoms with Crippen LogP contribution in [-0.4, -0.2) is 40.0 Å². The number of benzene rings is 2. The molecular formula is C19H22N2O6. The number of carboxylic acid groups (broad SMARTS) is 1. The number of carbonyl (C=O) groups is 2. The number of nitrogens with one attached hydrogen (secondary N) is 1. The lowest BCUT2D eigenvalue weighted by Crippen LogP contribution is -2.29. The largest absolute Gasteiger partial charge is 0.478 e. The van der Waals surface area contributed by atoms with Crippen molar-refractivity contribution in [2.24, 2.45) is 0 Å². The van der Waals surface area contributed by atoms with Gasteiger partial charge in [0.2, 0.25) is 0 Å². The predicted molar refractivity (Wildman–Crippen MR) is 98.0 cm³/mol. The maximum atomic E-state index is 11.6. The molecule has 8 nitrogen and oxygen atoms in total. The van der Waals surface area contributed by atoms with Gasteiger partial charge in [-0.3, -0.25) is 0 Å². The van der Waals surface area contributed by atoms with E-state index in [2.05, 4.69) is 5.32 Å². The molecule has 0 fully saturated rings. The molecule has 0 saturated heterocycles. The fraction of sp³-hybridized carbons (Fsp3) is 0.263. The van der Waals surface area contributed by atoms with Crippen molar-refractivity contribution in [2.45, 2.75) is 25.2 Å². The van der Waals surface area contributed by atoms with Gasteiger partial charge in [0, 0.05) is 12.2 Å². The molecule has 0 aromatic heterocycles. The van der Waals surface area contributed by atoms with Crippen LogP contribution in [0.3, 0.4) is 0 Å². The van der Waals surface area contributed by atoms with E-state index in [1.54, 1.807) is 0 Å². The Balaban J connectivity index is 1.80. The Morgan fingerprint density at radius 1 is 1.11 bits per heavy atom. The molecule has 0 radical (unpaired) electrons. The molecular weight excluding hydrogens is 352 g/mol. The van der Waals surface area contributed by atoms with Gasteiger partial charge in [0.1, 0.15) is 12.7 Å². The summed E-state index contributed by atoms with van der Waals surface area (Å²) < 4.78 is 5.04. The molecule has 2 atom stereocenters. The monoisotopic (exact) mass is 374 g/mol. The van der Waals surface area contributed by atoms with E-state index in [0.29, 0.717) is 0 Å². The first kappa shape index (κ1) is 20.2. The van der Waals surface area contributed by atoms with E-state index >= 15 is 0 Å². The van der Waals surface area contributed by atoms with Gasteiger partial charge in [-0.15, -0.1) is 0 Å². The van der Waals surface area contributed by atoms with Crippen LogP contribution in [0.15, 0.2) is 48.5 Å². The highest BCUT2D eigenvalue weighted by Gasteiger charge is 2.20. The van der Waals surface area contributed by atoms with Gasteiger partial charge in [-0.05, 0) is 35.7 Å². The van der Waals surface area contributed by atoms with Crippen LogP contribution in [-0.2, 0) is 11.3 Å². The van der Waals surface area contributed by atoms with Crippen LogP contribution in [0.1, 0.15) is 34.0 Å². The van der Waals surface area contributed by atoms with Crippen LogP contribution in [0.2, 0.25) is 0 Å². The quantitative estimate of drug-likeness (QED) is 0.442. The number of aliphatic hydroxyl groups is 2. The zero-order chi connectivity index (χ0) is 19.8. The molecule has 27 heavy (non-hydrogen) atoms. The molecule has 0 bridgehead atoms. The van der Waals surface area contributed by atoms with Crippen molar-refractivity contribution in [1.29, 1.82) is 0 Å². The molecule has 0 spiro atoms. The Morgan fingerprint density at radius 3 is 2.48 bits per heavy atom. The average Bonchev–Trinajstić information content (AvgIpc) is 2.66. The number of hydrogen-bond donors (Lipinski definition) is 5. The molecule has 0 aliphatic heterocycles. The summed E-state index contributed by atoms with van der Waals surface area (Å²) in [6, 6.07) is 13.1. The van der Waals surface area contributed by atoms with Gasteiger partial charge in [-0.1, -0.05) is 30.3 Å². The van der Waals surface area contributed by atoms with Crippen LogP contribution in [0, 0.1) is 0 Å². The number of hydrogen-bond acceptors (Lipinski definition) is 6. The standard InChI is InChI=1S/C19H22N2O6/c20-15-9-13(8-14(10-15)18(24)25)17(23)16(22)6-7-21-19(26)27-11-12-4-2-1-3-5-12/h1-5,8-10,16-17,22-23H,6-7,11,20H2,(H,21,26)(H,24,25). The zero-order valence-electron chi connectivity index (χ0n) is 14.5. The number of rotatable bonds is 8. The molecule has 2 unspecified atom stereocenters. The molecule has 0 saturated carbocycles. The minimum Gasteiger partial charge on any atom is -0.478 e. The molecule has 0 heterocycles. The van der Waals surface area contributed by atoms with Gasteiger partial charge in [-0.25, -0.2) is 9.59 Å². The normalized spacial score (nSPS) is 12.8. The number of aliphatic hydroxyl groups excluding tert-OH is 2. The van der Waals surface area contributed by atoms with E-state index in [1.165, 1.54) is 18.2 Å². The first-order chi connectivity index (χ1) is 12.9. The minimum absolute atomic E-state index is 0.0405. The third-order valence-electron chi connectivity index (χ3n) is 3.85. The van der Waals surface area contributed by atoms with E-state index < -0.39 is 24.3 Å².